The van der Waals surface area contributed by atoms with Crippen molar-refractivity contribution in [3.8, 4) is 0 Å². The molecule has 0 spiro atoms. The molecule has 78 valence electrons. The molecule has 0 saturated heterocycles. The number of aliphatic hydroxyl groups is 1. The average molecular weight is 204 g/mol. The maximum absolute atomic E-state index is 11.9. The van der Waals surface area contributed by atoms with Gasteiger partial charge in [-0.05, 0) is 12.1 Å². The first-order chi connectivity index (χ1) is 7.25. The second-order valence-electron chi connectivity index (χ2n) is 3.33. The number of hydrogen-bond acceptors (Lipinski definition) is 3. The van der Waals surface area contributed by atoms with Crippen LogP contribution in [0.3, 0.4) is 0 Å². The normalized spacial score (nSPS) is 17.3. The van der Waals surface area contributed by atoms with E-state index < -0.39 is 0 Å². The van der Waals surface area contributed by atoms with Gasteiger partial charge in [0, 0.05) is 12.6 Å². The molecule has 0 saturated carbocycles. The summed E-state index contributed by atoms with van der Waals surface area (Å²) >= 11 is 0. The third kappa shape index (κ3) is 1.53. The quantitative estimate of drug-likeness (QED) is 0.771. The predicted molar refractivity (Wildman–Crippen MR) is 58.6 cm³/mol. The van der Waals surface area contributed by atoms with Gasteiger partial charge in [-0.1, -0.05) is 12.1 Å². The van der Waals surface area contributed by atoms with Gasteiger partial charge in [-0.2, -0.15) is 0 Å². The van der Waals surface area contributed by atoms with Gasteiger partial charge in [-0.3, -0.25) is 9.79 Å². The maximum atomic E-state index is 11.9. The third-order valence-corrected chi connectivity index (χ3v) is 2.39. The van der Waals surface area contributed by atoms with E-state index in [1.807, 2.05) is 18.2 Å². The van der Waals surface area contributed by atoms with Crippen molar-refractivity contribution >= 4 is 17.3 Å². The van der Waals surface area contributed by atoms with Gasteiger partial charge in [0.2, 0.25) is 5.78 Å². The van der Waals surface area contributed by atoms with Gasteiger partial charge in [0.15, 0.2) is 5.84 Å². The van der Waals surface area contributed by atoms with E-state index in [4.69, 9.17) is 5.11 Å². The van der Waals surface area contributed by atoms with Crippen LogP contribution in [-0.4, -0.2) is 36.9 Å². The van der Waals surface area contributed by atoms with Crippen LogP contribution in [0.15, 0.2) is 29.3 Å². The summed E-state index contributed by atoms with van der Waals surface area (Å²) in [5.41, 5.74) is 1.55. The lowest BCUT2D eigenvalue weighted by atomic mass is 10.1. The van der Waals surface area contributed by atoms with E-state index in [0.717, 1.165) is 5.69 Å². The summed E-state index contributed by atoms with van der Waals surface area (Å²) in [5, 5.41) is 8.68. The second-order valence-corrected chi connectivity index (χ2v) is 3.33. The van der Waals surface area contributed by atoms with Gasteiger partial charge in [-0.15, -0.1) is 0 Å². The molecule has 0 aromatic heterocycles. The molecular formula is C11H12N2O2. The molecule has 0 radical (unpaired) electrons. The lowest BCUT2D eigenvalue weighted by Crippen LogP contribution is -2.26. The van der Waals surface area contributed by atoms with E-state index in [0.29, 0.717) is 11.4 Å². The number of anilines is 1. The number of aliphatic imine (C=N–C) groups is 1. The summed E-state index contributed by atoms with van der Waals surface area (Å²) in [6.07, 6.45) is 0. The number of benzene rings is 1. The highest BCUT2D eigenvalue weighted by atomic mass is 16.3. The van der Waals surface area contributed by atoms with E-state index in [1.54, 1.807) is 18.0 Å². The van der Waals surface area contributed by atoms with E-state index in [1.165, 1.54) is 0 Å². The molecule has 0 fully saturated rings. The second kappa shape index (κ2) is 3.82. The number of ketones is 1. The molecule has 1 aliphatic rings. The van der Waals surface area contributed by atoms with Crippen molar-refractivity contribution in [1.29, 1.82) is 0 Å². The van der Waals surface area contributed by atoms with Gasteiger partial charge in [0.25, 0.3) is 0 Å². The number of carbonyl (C=O) groups excluding carboxylic acids is 1. The van der Waals surface area contributed by atoms with Crippen LogP contribution in [0.25, 0.3) is 0 Å². The van der Waals surface area contributed by atoms with Crippen LogP contribution in [0.4, 0.5) is 5.69 Å². The van der Waals surface area contributed by atoms with Crippen molar-refractivity contribution < 1.29 is 9.90 Å². The van der Waals surface area contributed by atoms with Crippen LogP contribution >= 0.6 is 0 Å². The van der Waals surface area contributed by atoms with Gasteiger partial charge in [-0.25, -0.2) is 0 Å². The van der Waals surface area contributed by atoms with Crippen LogP contribution in [0.1, 0.15) is 10.4 Å². The molecule has 1 aromatic rings. The first-order valence-electron chi connectivity index (χ1n) is 4.78. The van der Waals surface area contributed by atoms with Crippen molar-refractivity contribution in [2.24, 2.45) is 4.99 Å². The fraction of sp³-hybridized carbons (Fsp3) is 0.273. The van der Waals surface area contributed by atoms with Crippen molar-refractivity contribution in [2.45, 2.75) is 0 Å². The van der Waals surface area contributed by atoms with Crippen LogP contribution in [0.2, 0.25) is 0 Å². The molecule has 0 amide bonds. The summed E-state index contributed by atoms with van der Waals surface area (Å²) in [6.45, 7) is 0.223. The highest BCUT2D eigenvalue weighted by Crippen LogP contribution is 2.27. The van der Waals surface area contributed by atoms with Gasteiger partial charge < -0.3 is 10.0 Å². The number of nitrogens with zero attached hydrogens (tertiary/aromatic N) is 2. The smallest absolute Gasteiger partial charge is 0.230 e. The summed E-state index contributed by atoms with van der Waals surface area (Å²) in [5.74, 6) is 0.340. The predicted octanol–water partition coefficient (Wildman–Crippen LogP) is 0.710. The molecule has 0 aliphatic carbocycles. The van der Waals surface area contributed by atoms with Gasteiger partial charge in [0.05, 0.1) is 18.8 Å². The highest BCUT2D eigenvalue weighted by Gasteiger charge is 2.30. The summed E-state index contributed by atoms with van der Waals surface area (Å²) in [4.78, 5) is 17.7. The van der Waals surface area contributed by atoms with Crippen molar-refractivity contribution in [1.82, 2.24) is 0 Å². The zero-order chi connectivity index (χ0) is 10.8. The molecule has 0 bridgehead atoms. The van der Waals surface area contributed by atoms with Gasteiger partial charge in [0.1, 0.15) is 0 Å². The first-order valence-corrected chi connectivity index (χ1v) is 4.78. The molecule has 4 nitrogen and oxygen atoms in total. The van der Waals surface area contributed by atoms with Crippen LogP contribution in [0, 0.1) is 0 Å². The van der Waals surface area contributed by atoms with E-state index in [9.17, 15) is 4.79 Å². The standard InChI is InChI=1S/C11H12N2O2/c1-13-9-5-3-2-4-8(9)10(15)11(13)12-6-7-14/h2-5,14H,6-7H2,1H3. The zero-order valence-corrected chi connectivity index (χ0v) is 8.47. The minimum Gasteiger partial charge on any atom is -0.394 e. The third-order valence-electron chi connectivity index (χ3n) is 2.39. The van der Waals surface area contributed by atoms with E-state index in [2.05, 4.69) is 4.99 Å². The first kappa shape index (κ1) is 9.86. The molecule has 1 aromatic carbocycles. The Hall–Kier alpha value is -1.68. The lowest BCUT2D eigenvalue weighted by molar-refractivity contribution is 0.106. The number of hydrogen-bond donors (Lipinski definition) is 1. The lowest BCUT2D eigenvalue weighted by Gasteiger charge is -2.11. The average Bonchev–Trinajstić information content (AvgIpc) is 2.51. The molecule has 0 atom stereocenters. The number of fused-ring (bicyclic) bond motifs is 1. The summed E-state index contributed by atoms with van der Waals surface area (Å²) in [6, 6.07) is 7.39. The molecule has 2 rings (SSSR count). The largest absolute Gasteiger partial charge is 0.394 e. The number of para-hydroxylation sites is 1. The van der Waals surface area contributed by atoms with Crippen molar-refractivity contribution in [3.63, 3.8) is 0 Å². The Bertz CT molecular complexity index is 426. The summed E-state index contributed by atoms with van der Waals surface area (Å²) in [7, 11) is 1.81. The number of rotatable bonds is 2. The van der Waals surface area contributed by atoms with E-state index in [-0.39, 0.29) is 18.9 Å². The molecule has 1 N–H and O–H groups in total. The Kier molecular flexibility index (Phi) is 2.51. The fourth-order valence-electron chi connectivity index (χ4n) is 1.68. The van der Waals surface area contributed by atoms with Gasteiger partial charge >= 0.3 is 0 Å². The molecule has 1 heterocycles. The Balaban J connectivity index is 2.41. The van der Waals surface area contributed by atoms with E-state index >= 15 is 0 Å². The Labute approximate surface area is 87.9 Å². The number of likely N-dealkylation sites (N-methyl/N-ethyl adjacent to an activating group) is 1. The van der Waals surface area contributed by atoms with Crippen LogP contribution in [0.5, 0.6) is 0 Å². The topological polar surface area (TPSA) is 52.9 Å². The molecule has 1 aliphatic heterocycles. The SMILES string of the molecule is CN1C(=NCCO)C(=O)c2ccccc21. The maximum Gasteiger partial charge on any atom is 0.230 e. The summed E-state index contributed by atoms with van der Waals surface area (Å²) < 4.78 is 0. The van der Waals surface area contributed by atoms with Crippen molar-refractivity contribution in [2.75, 3.05) is 25.1 Å². The minimum absolute atomic E-state index is 0.0407. The zero-order valence-electron chi connectivity index (χ0n) is 8.47. The monoisotopic (exact) mass is 204 g/mol. The molecule has 15 heavy (non-hydrogen) atoms. The van der Waals surface area contributed by atoms with Crippen molar-refractivity contribution in [3.05, 3.63) is 29.8 Å². The highest BCUT2D eigenvalue weighted by molar-refractivity contribution is 6.54. The number of amidine groups is 1. The Morgan fingerprint density at radius 2 is 2.13 bits per heavy atom. The Morgan fingerprint density at radius 3 is 2.80 bits per heavy atom. The molecule has 4 heteroatoms. The molecule has 0 unspecified atom stereocenters. The fourth-order valence-corrected chi connectivity index (χ4v) is 1.68. The number of carbonyl (C=O) groups is 1. The number of Topliss-reactive ketones (excluding diaryl/α,β-unsaturated/α-hetero) is 1. The minimum atomic E-state index is -0.0680. The Morgan fingerprint density at radius 1 is 1.40 bits per heavy atom. The molecular weight excluding hydrogens is 192 g/mol. The van der Waals surface area contributed by atoms with Crippen LogP contribution < -0.4 is 4.90 Å². The number of aliphatic hydroxyl groups excluding tert-OH is 1. The van der Waals surface area contributed by atoms with Crippen LogP contribution in [-0.2, 0) is 0 Å².